The molecule has 0 aliphatic heterocycles. The average molecular weight is 289 g/mol. The van der Waals surface area contributed by atoms with E-state index in [1.807, 2.05) is 0 Å². The highest BCUT2D eigenvalue weighted by Crippen LogP contribution is 2.21. The van der Waals surface area contributed by atoms with Crippen molar-refractivity contribution in [3.05, 3.63) is 35.4 Å². The zero-order chi connectivity index (χ0) is 15.4. The van der Waals surface area contributed by atoms with Crippen LogP contribution in [-0.4, -0.2) is 39.5 Å². The van der Waals surface area contributed by atoms with Crippen LogP contribution < -0.4 is 5.32 Å². The summed E-state index contributed by atoms with van der Waals surface area (Å²) in [6, 6.07) is 0.415. The Bertz CT molecular complexity index is 481. The largest absolute Gasteiger partial charge is 0.480 e. The van der Waals surface area contributed by atoms with Crippen molar-refractivity contribution in [3.63, 3.8) is 0 Å². The number of halogens is 2. The highest BCUT2D eigenvalue weighted by molar-refractivity contribution is 5.74. The van der Waals surface area contributed by atoms with E-state index in [9.17, 15) is 23.8 Å². The van der Waals surface area contributed by atoms with Gasteiger partial charge in [-0.1, -0.05) is 0 Å². The van der Waals surface area contributed by atoms with Gasteiger partial charge in [-0.25, -0.2) is 8.78 Å². The Labute approximate surface area is 114 Å². The van der Waals surface area contributed by atoms with Gasteiger partial charge in [0.25, 0.3) is 0 Å². The van der Waals surface area contributed by atoms with Gasteiger partial charge < -0.3 is 15.3 Å². The second-order valence-electron chi connectivity index (χ2n) is 4.62. The molecular weight excluding hydrogens is 272 g/mol. The van der Waals surface area contributed by atoms with E-state index in [1.165, 1.54) is 13.8 Å². The molecule has 4 N–H and O–H groups in total. The summed E-state index contributed by atoms with van der Waals surface area (Å²) in [4.78, 5) is 10.9. The van der Waals surface area contributed by atoms with Crippen LogP contribution in [0.25, 0.3) is 0 Å². The molecule has 1 rings (SSSR count). The van der Waals surface area contributed by atoms with Crippen molar-refractivity contribution in [3.8, 4) is 0 Å². The van der Waals surface area contributed by atoms with Gasteiger partial charge in [0.15, 0.2) is 0 Å². The van der Waals surface area contributed by atoms with Crippen LogP contribution in [0.5, 0.6) is 0 Å². The van der Waals surface area contributed by atoms with Crippen molar-refractivity contribution in [2.75, 3.05) is 0 Å². The molecule has 0 heterocycles. The highest BCUT2D eigenvalue weighted by Gasteiger charge is 2.28. The monoisotopic (exact) mass is 289 g/mol. The molecule has 4 unspecified atom stereocenters. The summed E-state index contributed by atoms with van der Waals surface area (Å²) < 4.78 is 26.6. The van der Waals surface area contributed by atoms with E-state index in [0.29, 0.717) is 0 Å². The molecule has 0 radical (unpaired) electrons. The molecule has 0 saturated heterocycles. The van der Waals surface area contributed by atoms with Gasteiger partial charge in [-0.2, -0.15) is 0 Å². The normalized spacial score (nSPS) is 17.3. The van der Waals surface area contributed by atoms with Crippen LogP contribution >= 0.6 is 0 Å². The van der Waals surface area contributed by atoms with Crippen LogP contribution in [0.3, 0.4) is 0 Å². The molecule has 0 aromatic heterocycles. The van der Waals surface area contributed by atoms with Crippen LogP contribution in [0.1, 0.15) is 25.5 Å². The average Bonchev–Trinajstić information content (AvgIpc) is 2.36. The third-order valence-corrected chi connectivity index (χ3v) is 2.94. The van der Waals surface area contributed by atoms with Crippen molar-refractivity contribution in [1.29, 1.82) is 0 Å². The molecule has 112 valence electrons. The zero-order valence-corrected chi connectivity index (χ0v) is 11.0. The predicted molar refractivity (Wildman–Crippen MR) is 67.0 cm³/mol. The lowest BCUT2D eigenvalue weighted by molar-refractivity contribution is -0.142. The molecule has 1 aromatic rings. The first kappa shape index (κ1) is 16.5. The van der Waals surface area contributed by atoms with Crippen LogP contribution in [0.2, 0.25) is 0 Å². The zero-order valence-electron chi connectivity index (χ0n) is 11.0. The number of aliphatic hydroxyl groups excluding tert-OH is 2. The Hall–Kier alpha value is -1.57. The molecule has 5 nitrogen and oxygen atoms in total. The Balaban J connectivity index is 2.88. The molecule has 0 fully saturated rings. The molecule has 0 spiro atoms. The minimum Gasteiger partial charge on any atom is -0.480 e. The van der Waals surface area contributed by atoms with E-state index in [0.717, 1.165) is 18.2 Å². The number of benzene rings is 1. The van der Waals surface area contributed by atoms with E-state index in [2.05, 4.69) is 5.32 Å². The number of aliphatic carboxylic acids is 1. The maximum absolute atomic E-state index is 13.5. The summed E-state index contributed by atoms with van der Waals surface area (Å²) in [7, 11) is 0. The first-order valence-corrected chi connectivity index (χ1v) is 6.04. The molecule has 1 aromatic carbocycles. The van der Waals surface area contributed by atoms with Gasteiger partial charge in [0.2, 0.25) is 0 Å². The molecule has 4 atom stereocenters. The minimum atomic E-state index is -1.45. The standard InChI is InChI=1S/C13H17F2NO4/c1-6(16-11(7(2)17)13(19)20)12(18)9-5-8(14)3-4-10(9)15/h3-7,11-12,16-18H,1-2H3,(H,19,20). The minimum absolute atomic E-state index is 0.278. The Morgan fingerprint density at radius 1 is 1.25 bits per heavy atom. The number of carboxylic acids is 1. The van der Waals surface area contributed by atoms with Crippen molar-refractivity contribution in [1.82, 2.24) is 5.32 Å². The molecule has 0 saturated carbocycles. The predicted octanol–water partition coefficient (Wildman–Crippen LogP) is 0.810. The van der Waals surface area contributed by atoms with E-state index in [-0.39, 0.29) is 5.56 Å². The Kier molecular flexibility index (Phi) is 5.55. The molecule has 7 heteroatoms. The van der Waals surface area contributed by atoms with Crippen LogP contribution in [0.15, 0.2) is 18.2 Å². The van der Waals surface area contributed by atoms with E-state index >= 15 is 0 Å². The molecule has 0 aliphatic carbocycles. The number of hydrogen-bond acceptors (Lipinski definition) is 4. The van der Waals surface area contributed by atoms with Gasteiger partial charge >= 0.3 is 5.97 Å². The second-order valence-corrected chi connectivity index (χ2v) is 4.62. The maximum atomic E-state index is 13.5. The maximum Gasteiger partial charge on any atom is 0.323 e. The summed E-state index contributed by atoms with van der Waals surface area (Å²) in [5, 5.41) is 30.7. The van der Waals surface area contributed by atoms with E-state index < -0.39 is 41.9 Å². The van der Waals surface area contributed by atoms with Gasteiger partial charge in [-0.05, 0) is 32.0 Å². The lowest BCUT2D eigenvalue weighted by Gasteiger charge is -2.26. The van der Waals surface area contributed by atoms with Crippen molar-refractivity contribution in [2.45, 2.75) is 38.1 Å². The van der Waals surface area contributed by atoms with E-state index in [1.54, 1.807) is 0 Å². The summed E-state index contributed by atoms with van der Waals surface area (Å²) in [5.74, 6) is -2.81. The van der Waals surface area contributed by atoms with E-state index in [4.69, 9.17) is 5.11 Å². The van der Waals surface area contributed by atoms with Gasteiger partial charge in [-0.15, -0.1) is 0 Å². The number of rotatable bonds is 6. The molecule has 0 aliphatic rings. The van der Waals surface area contributed by atoms with Crippen molar-refractivity contribution >= 4 is 5.97 Å². The van der Waals surface area contributed by atoms with Crippen LogP contribution in [0, 0.1) is 11.6 Å². The van der Waals surface area contributed by atoms with Gasteiger partial charge in [-0.3, -0.25) is 10.1 Å². The number of aliphatic hydroxyl groups is 2. The lowest BCUT2D eigenvalue weighted by Crippen LogP contribution is -2.50. The Morgan fingerprint density at radius 2 is 1.85 bits per heavy atom. The van der Waals surface area contributed by atoms with Crippen molar-refractivity contribution in [2.24, 2.45) is 0 Å². The quantitative estimate of drug-likeness (QED) is 0.622. The van der Waals surface area contributed by atoms with Gasteiger partial charge in [0, 0.05) is 11.6 Å². The number of carboxylic acid groups (broad SMARTS) is 1. The summed E-state index contributed by atoms with van der Waals surface area (Å²) in [6.45, 7) is 2.68. The second kappa shape index (κ2) is 6.74. The first-order chi connectivity index (χ1) is 9.23. The lowest BCUT2D eigenvalue weighted by atomic mass is 10.0. The number of hydrogen-bond donors (Lipinski definition) is 4. The fraction of sp³-hybridized carbons (Fsp3) is 0.462. The summed E-state index contributed by atoms with van der Waals surface area (Å²) in [5.41, 5.74) is -0.278. The number of nitrogens with one attached hydrogen (secondary N) is 1. The highest BCUT2D eigenvalue weighted by atomic mass is 19.1. The summed E-state index contributed by atoms with van der Waals surface area (Å²) >= 11 is 0. The van der Waals surface area contributed by atoms with Gasteiger partial charge in [0.1, 0.15) is 17.7 Å². The van der Waals surface area contributed by atoms with Crippen LogP contribution in [0.4, 0.5) is 8.78 Å². The molecular formula is C13H17F2NO4. The fourth-order valence-electron chi connectivity index (χ4n) is 1.80. The van der Waals surface area contributed by atoms with Gasteiger partial charge in [0.05, 0.1) is 12.2 Å². The van der Waals surface area contributed by atoms with Crippen LogP contribution in [-0.2, 0) is 4.79 Å². The topological polar surface area (TPSA) is 89.8 Å². The first-order valence-electron chi connectivity index (χ1n) is 6.04. The molecule has 0 amide bonds. The SMILES string of the molecule is CC(O)C(NC(C)C(O)c1cc(F)ccc1F)C(=O)O. The smallest absolute Gasteiger partial charge is 0.323 e. The Morgan fingerprint density at radius 3 is 2.35 bits per heavy atom. The molecule has 20 heavy (non-hydrogen) atoms. The summed E-state index contributed by atoms with van der Waals surface area (Å²) in [6.07, 6.45) is -2.66. The third-order valence-electron chi connectivity index (χ3n) is 2.94. The number of carbonyl (C=O) groups is 1. The molecule has 0 bridgehead atoms. The fourth-order valence-corrected chi connectivity index (χ4v) is 1.80. The third kappa shape index (κ3) is 3.96. The van der Waals surface area contributed by atoms with Crippen molar-refractivity contribution < 1.29 is 28.9 Å².